The molecule has 2 aromatic rings. The summed E-state index contributed by atoms with van der Waals surface area (Å²) in [5, 5.41) is 11.1. The van der Waals surface area contributed by atoms with Crippen LogP contribution in [0.25, 0.3) is 10.9 Å². The molecule has 0 spiro atoms. The molecule has 0 aliphatic rings. The van der Waals surface area contributed by atoms with E-state index in [1.807, 2.05) is 37.5 Å². The van der Waals surface area contributed by atoms with Gasteiger partial charge in [0.15, 0.2) is 0 Å². The lowest BCUT2D eigenvalue weighted by molar-refractivity contribution is 0.0738. The highest BCUT2D eigenvalue weighted by Gasteiger charge is 2.11. The molecule has 4 nitrogen and oxygen atoms in total. The van der Waals surface area contributed by atoms with Crippen LogP contribution >= 0.6 is 0 Å². The van der Waals surface area contributed by atoms with Gasteiger partial charge in [0, 0.05) is 30.2 Å². The molecule has 2 rings (SSSR count). The summed E-state index contributed by atoms with van der Waals surface area (Å²) in [6, 6.07) is 7.88. The third kappa shape index (κ3) is 3.99. The Bertz CT molecular complexity index is 536. The van der Waals surface area contributed by atoms with E-state index >= 15 is 0 Å². The predicted molar refractivity (Wildman–Crippen MR) is 82.1 cm³/mol. The monoisotopic (exact) mass is 276 g/mol. The molecule has 0 amide bonds. The minimum absolute atomic E-state index is 0.312. The number of fused-ring (bicyclic) bond motifs is 1. The number of benzene rings is 1. The van der Waals surface area contributed by atoms with Gasteiger partial charge in [0.1, 0.15) is 18.5 Å². The molecule has 1 heterocycles. The number of nitrogens with zero attached hydrogens (tertiary/aromatic N) is 1. The zero-order valence-electron chi connectivity index (χ0n) is 12.5. The summed E-state index contributed by atoms with van der Waals surface area (Å²) in [5.41, 5.74) is 1.05. The second-order valence-corrected chi connectivity index (χ2v) is 5.77. The van der Waals surface area contributed by atoms with E-state index in [2.05, 4.69) is 23.7 Å². The highest BCUT2D eigenvalue weighted by atomic mass is 16.5. The second kappa shape index (κ2) is 6.77. The van der Waals surface area contributed by atoms with Crippen LogP contribution in [-0.2, 0) is 0 Å². The summed E-state index contributed by atoms with van der Waals surface area (Å²) >= 11 is 0. The highest BCUT2D eigenvalue weighted by molar-refractivity contribution is 5.85. The maximum Gasteiger partial charge on any atom is 0.128 e. The lowest BCUT2D eigenvalue weighted by Gasteiger charge is -2.22. The van der Waals surface area contributed by atoms with Crippen LogP contribution in [0.5, 0.6) is 5.75 Å². The number of ether oxygens (including phenoxy) is 1. The van der Waals surface area contributed by atoms with Gasteiger partial charge in [0.05, 0.1) is 0 Å². The number of rotatable bonds is 7. The molecule has 0 aliphatic carbocycles. The summed E-state index contributed by atoms with van der Waals surface area (Å²) < 4.78 is 5.75. The Hall–Kier alpha value is -1.52. The van der Waals surface area contributed by atoms with E-state index in [0.717, 1.165) is 23.2 Å². The molecule has 1 aromatic carbocycles. The lowest BCUT2D eigenvalue weighted by atomic mass is 10.2. The Morgan fingerprint density at radius 2 is 2.05 bits per heavy atom. The van der Waals surface area contributed by atoms with Gasteiger partial charge in [-0.2, -0.15) is 0 Å². The largest absolute Gasteiger partial charge is 0.490 e. The molecular formula is C16H24N2O2. The summed E-state index contributed by atoms with van der Waals surface area (Å²) in [7, 11) is 2.02. The standard InChI is InChI=1S/C16H24N2O2/c1-12(2)9-18(3)10-13(19)11-20-16-6-4-5-15-14(16)7-8-17-15/h4-8,12-13,17,19H,9-11H2,1-3H3. The fourth-order valence-corrected chi connectivity index (χ4v) is 2.48. The van der Waals surface area contributed by atoms with Gasteiger partial charge in [-0.15, -0.1) is 0 Å². The Labute approximate surface area is 120 Å². The number of H-pyrrole nitrogens is 1. The van der Waals surface area contributed by atoms with Crippen LogP contribution in [0.4, 0.5) is 0 Å². The summed E-state index contributed by atoms with van der Waals surface area (Å²) in [6.07, 6.45) is 1.41. The zero-order chi connectivity index (χ0) is 14.5. The smallest absolute Gasteiger partial charge is 0.128 e. The molecule has 4 heteroatoms. The van der Waals surface area contributed by atoms with Crippen molar-refractivity contribution in [2.45, 2.75) is 20.0 Å². The van der Waals surface area contributed by atoms with Crippen molar-refractivity contribution in [1.82, 2.24) is 9.88 Å². The normalized spacial score (nSPS) is 13.3. The van der Waals surface area contributed by atoms with Crippen molar-refractivity contribution in [3.63, 3.8) is 0 Å². The first-order valence-corrected chi connectivity index (χ1v) is 7.11. The average molecular weight is 276 g/mol. The number of nitrogens with one attached hydrogen (secondary N) is 1. The van der Waals surface area contributed by atoms with Crippen LogP contribution in [0.2, 0.25) is 0 Å². The molecular weight excluding hydrogens is 252 g/mol. The van der Waals surface area contributed by atoms with Crippen LogP contribution in [-0.4, -0.2) is 47.8 Å². The van der Waals surface area contributed by atoms with Gasteiger partial charge in [-0.3, -0.25) is 0 Å². The summed E-state index contributed by atoms with van der Waals surface area (Å²) in [6.45, 7) is 6.26. The van der Waals surface area contributed by atoms with Crippen LogP contribution < -0.4 is 4.74 Å². The lowest BCUT2D eigenvalue weighted by Crippen LogP contribution is -2.35. The molecule has 1 aromatic heterocycles. The van der Waals surface area contributed by atoms with Gasteiger partial charge in [-0.1, -0.05) is 19.9 Å². The molecule has 0 fully saturated rings. The molecule has 0 saturated carbocycles. The van der Waals surface area contributed by atoms with E-state index in [-0.39, 0.29) is 0 Å². The third-order valence-electron chi connectivity index (χ3n) is 3.19. The zero-order valence-corrected chi connectivity index (χ0v) is 12.5. The SMILES string of the molecule is CC(C)CN(C)CC(O)COc1cccc2[nH]ccc12. The number of likely N-dealkylation sites (N-methyl/N-ethyl adjacent to an activating group) is 1. The number of hydrogen-bond donors (Lipinski definition) is 2. The molecule has 0 aliphatic heterocycles. The van der Waals surface area contributed by atoms with Gasteiger partial charge >= 0.3 is 0 Å². The number of aromatic amines is 1. The van der Waals surface area contributed by atoms with E-state index in [4.69, 9.17) is 4.74 Å². The fourth-order valence-electron chi connectivity index (χ4n) is 2.48. The fraction of sp³-hybridized carbons (Fsp3) is 0.500. The predicted octanol–water partition coefficient (Wildman–Crippen LogP) is 2.50. The van der Waals surface area contributed by atoms with Crippen molar-refractivity contribution in [3.8, 4) is 5.75 Å². The molecule has 0 bridgehead atoms. The van der Waals surface area contributed by atoms with Crippen molar-refractivity contribution >= 4 is 10.9 Å². The first kappa shape index (κ1) is 14.9. The number of aliphatic hydroxyl groups is 1. The molecule has 1 unspecified atom stereocenters. The van der Waals surface area contributed by atoms with Crippen LogP contribution in [0, 0.1) is 5.92 Å². The molecule has 0 saturated heterocycles. The molecule has 2 N–H and O–H groups in total. The Kier molecular flexibility index (Phi) is 5.04. The van der Waals surface area contributed by atoms with Gasteiger partial charge in [0.2, 0.25) is 0 Å². The number of aliphatic hydroxyl groups excluding tert-OH is 1. The highest BCUT2D eigenvalue weighted by Crippen LogP contribution is 2.24. The van der Waals surface area contributed by atoms with Gasteiger partial charge in [-0.05, 0) is 31.2 Å². The number of hydrogen-bond acceptors (Lipinski definition) is 3. The molecule has 20 heavy (non-hydrogen) atoms. The Morgan fingerprint density at radius 3 is 2.80 bits per heavy atom. The Balaban J connectivity index is 1.87. The minimum atomic E-state index is -0.479. The maximum atomic E-state index is 10.0. The van der Waals surface area contributed by atoms with E-state index in [9.17, 15) is 5.11 Å². The molecule has 110 valence electrons. The van der Waals surface area contributed by atoms with Crippen LogP contribution in [0.3, 0.4) is 0 Å². The van der Waals surface area contributed by atoms with E-state index in [1.54, 1.807) is 0 Å². The quantitative estimate of drug-likeness (QED) is 0.817. The third-order valence-corrected chi connectivity index (χ3v) is 3.19. The minimum Gasteiger partial charge on any atom is -0.490 e. The topological polar surface area (TPSA) is 48.5 Å². The second-order valence-electron chi connectivity index (χ2n) is 5.77. The maximum absolute atomic E-state index is 10.0. The van der Waals surface area contributed by atoms with Gasteiger partial charge < -0.3 is 19.7 Å². The van der Waals surface area contributed by atoms with Crippen molar-refractivity contribution in [2.24, 2.45) is 5.92 Å². The van der Waals surface area contributed by atoms with Gasteiger partial charge in [0.25, 0.3) is 0 Å². The Morgan fingerprint density at radius 1 is 1.25 bits per heavy atom. The van der Waals surface area contributed by atoms with Gasteiger partial charge in [-0.25, -0.2) is 0 Å². The van der Waals surface area contributed by atoms with E-state index < -0.39 is 6.10 Å². The first-order chi connectivity index (χ1) is 9.56. The van der Waals surface area contributed by atoms with Crippen molar-refractivity contribution in [1.29, 1.82) is 0 Å². The van der Waals surface area contributed by atoms with Crippen molar-refractivity contribution < 1.29 is 9.84 Å². The molecule has 0 radical (unpaired) electrons. The molecule has 1 atom stereocenters. The average Bonchev–Trinajstić information content (AvgIpc) is 2.83. The van der Waals surface area contributed by atoms with Crippen molar-refractivity contribution in [3.05, 3.63) is 30.5 Å². The van der Waals surface area contributed by atoms with Crippen molar-refractivity contribution in [2.75, 3.05) is 26.7 Å². The summed E-state index contributed by atoms with van der Waals surface area (Å²) in [4.78, 5) is 5.29. The van der Waals surface area contributed by atoms with E-state index in [1.165, 1.54) is 0 Å². The first-order valence-electron chi connectivity index (χ1n) is 7.11. The van der Waals surface area contributed by atoms with Crippen LogP contribution in [0.1, 0.15) is 13.8 Å². The number of aromatic nitrogens is 1. The van der Waals surface area contributed by atoms with E-state index in [0.29, 0.717) is 19.1 Å². The van der Waals surface area contributed by atoms with Crippen LogP contribution in [0.15, 0.2) is 30.5 Å². The summed E-state index contributed by atoms with van der Waals surface area (Å²) in [5.74, 6) is 1.41.